The third-order valence-corrected chi connectivity index (χ3v) is 11.3. The van der Waals surface area contributed by atoms with Crippen molar-refractivity contribution in [2.24, 2.45) is 0 Å². The van der Waals surface area contributed by atoms with Crippen molar-refractivity contribution in [2.75, 3.05) is 0 Å². The summed E-state index contributed by atoms with van der Waals surface area (Å²) < 4.78 is 0. The zero-order valence-corrected chi connectivity index (χ0v) is 35.4. The van der Waals surface area contributed by atoms with Gasteiger partial charge >= 0.3 is 0 Å². The van der Waals surface area contributed by atoms with Gasteiger partial charge in [-0.1, -0.05) is 138 Å². The lowest BCUT2D eigenvalue weighted by Crippen LogP contribution is -2.12. The van der Waals surface area contributed by atoms with Crippen LogP contribution in [0.15, 0.2) is 133 Å². The van der Waals surface area contributed by atoms with E-state index in [2.05, 4.69) is 108 Å². The van der Waals surface area contributed by atoms with Gasteiger partial charge in [-0.2, -0.15) is 26.3 Å². The number of hydrogen-bond donors (Lipinski definition) is 0. The minimum absolute atomic E-state index is 0.249. The van der Waals surface area contributed by atoms with Gasteiger partial charge < -0.3 is 0 Å². The number of rotatable bonds is 6. The Morgan fingerprint density at radius 1 is 0.344 bits per heavy atom. The molecule has 0 aliphatic carbocycles. The molecule has 0 heterocycles. The van der Waals surface area contributed by atoms with Gasteiger partial charge in [0.2, 0.25) is 0 Å². The van der Waals surface area contributed by atoms with Crippen molar-refractivity contribution in [2.45, 2.75) is 59.3 Å². The van der Waals surface area contributed by atoms with Gasteiger partial charge in [0.25, 0.3) is 0 Å². The van der Waals surface area contributed by atoms with E-state index >= 15 is 0 Å². The summed E-state index contributed by atoms with van der Waals surface area (Å²) >= 11 is 0. The van der Waals surface area contributed by atoms with E-state index in [-0.39, 0.29) is 10.8 Å². The Bertz CT molecular complexity index is 3060. The summed E-state index contributed by atoms with van der Waals surface area (Å²) in [4.78, 5) is 0. The molecule has 0 radical (unpaired) electrons. The summed E-state index contributed by atoms with van der Waals surface area (Å²) in [5.74, 6) is 0. The molecular formula is C56H43N5. The highest BCUT2D eigenvalue weighted by molar-refractivity contribution is 6.16. The van der Waals surface area contributed by atoms with Crippen LogP contribution in [0.25, 0.3) is 66.8 Å². The van der Waals surface area contributed by atoms with Crippen LogP contribution in [0.5, 0.6) is 0 Å². The van der Waals surface area contributed by atoms with Gasteiger partial charge in [-0.3, -0.25) is 0 Å². The van der Waals surface area contributed by atoms with Gasteiger partial charge in [0.05, 0.1) is 58.2 Å². The van der Waals surface area contributed by atoms with Gasteiger partial charge in [0, 0.05) is 16.7 Å². The average Bonchev–Trinajstić information content (AvgIpc) is 3.27. The molecule has 0 saturated heterocycles. The summed E-state index contributed by atoms with van der Waals surface area (Å²) in [6, 6.07) is 54.8. The van der Waals surface area contributed by atoms with Crippen LogP contribution >= 0.6 is 0 Å². The SMILES string of the molecule is Cc1ccc(-c2c(-c3ccc(C(C)(C)C)cc3C#N)c(-c3ccc(C#N)cc3)c(-c3ccc(C#N)cc3)c(-c3ccc(C(C)(C)C)cc3C#N)c2-c2ccccc2C#N)cc1. The maximum absolute atomic E-state index is 11.1. The van der Waals surface area contributed by atoms with Crippen molar-refractivity contribution >= 4 is 0 Å². The van der Waals surface area contributed by atoms with Crippen molar-refractivity contribution in [3.8, 4) is 97.1 Å². The molecule has 61 heavy (non-hydrogen) atoms. The topological polar surface area (TPSA) is 119 Å². The molecule has 0 aliphatic rings. The zero-order valence-electron chi connectivity index (χ0n) is 35.4. The molecule has 0 aromatic heterocycles. The second kappa shape index (κ2) is 16.3. The first-order valence-corrected chi connectivity index (χ1v) is 20.1. The fraction of sp³-hybridized carbons (Fsp3) is 0.161. The Hall–Kier alpha value is -8.01. The van der Waals surface area contributed by atoms with Crippen molar-refractivity contribution in [3.63, 3.8) is 0 Å². The van der Waals surface area contributed by atoms with Crippen LogP contribution in [0.4, 0.5) is 0 Å². The van der Waals surface area contributed by atoms with Crippen LogP contribution in [0.3, 0.4) is 0 Å². The van der Waals surface area contributed by atoms with E-state index in [1.54, 1.807) is 30.3 Å². The second-order valence-corrected chi connectivity index (χ2v) is 17.4. The lowest BCUT2D eigenvalue weighted by molar-refractivity contribution is 0.590. The van der Waals surface area contributed by atoms with Crippen LogP contribution in [-0.2, 0) is 10.8 Å². The standard InChI is InChI=1S/C56H43N5/c1-35-12-18-38(19-13-35)51-52(47-26-24-44(55(2,3)4)28-42(47)33-60)49(39-20-14-36(30-57)15-21-39)50(40-22-16-37(31-58)17-23-40)54(53(51)46-11-9-8-10-41(46)32-59)48-27-25-45(56(5,6)7)29-43(48)34-61/h8-29H,1-7H3. The van der Waals surface area contributed by atoms with Crippen LogP contribution in [0.1, 0.15) is 86.1 Å². The van der Waals surface area contributed by atoms with Gasteiger partial charge in [0.1, 0.15) is 0 Å². The molecule has 0 spiro atoms. The summed E-state index contributed by atoms with van der Waals surface area (Å²) in [5, 5.41) is 53.0. The third kappa shape index (κ3) is 7.81. The molecule has 0 saturated carbocycles. The minimum atomic E-state index is -0.256. The Kier molecular flexibility index (Phi) is 11.0. The number of aryl methyl sites for hydroxylation is 1. The molecule has 5 heteroatoms. The fourth-order valence-corrected chi connectivity index (χ4v) is 8.01. The second-order valence-electron chi connectivity index (χ2n) is 17.4. The van der Waals surface area contributed by atoms with E-state index in [1.165, 1.54) is 0 Å². The highest BCUT2D eigenvalue weighted by atomic mass is 14.4. The largest absolute Gasteiger partial charge is 0.192 e. The average molecular weight is 786 g/mol. The Morgan fingerprint density at radius 2 is 0.689 bits per heavy atom. The first kappa shape index (κ1) is 41.2. The number of hydrogen-bond acceptors (Lipinski definition) is 5. The molecule has 0 bridgehead atoms. The lowest BCUT2D eigenvalue weighted by Gasteiger charge is -2.30. The van der Waals surface area contributed by atoms with Crippen molar-refractivity contribution < 1.29 is 0 Å². The van der Waals surface area contributed by atoms with Crippen LogP contribution in [0.2, 0.25) is 0 Å². The molecule has 0 N–H and O–H groups in total. The minimum Gasteiger partial charge on any atom is -0.192 e. The summed E-state index contributed by atoms with van der Waals surface area (Å²) in [6.45, 7) is 14.7. The van der Waals surface area contributed by atoms with E-state index in [0.717, 1.165) is 61.2 Å². The van der Waals surface area contributed by atoms with Crippen LogP contribution in [-0.4, -0.2) is 0 Å². The molecular weight excluding hydrogens is 743 g/mol. The number of nitrogens with zero attached hydrogens (tertiary/aromatic N) is 5. The number of nitriles is 5. The van der Waals surface area contributed by atoms with E-state index in [0.29, 0.717) is 50.1 Å². The summed E-state index contributed by atoms with van der Waals surface area (Å²) in [7, 11) is 0. The van der Waals surface area contributed by atoms with Crippen LogP contribution in [0, 0.1) is 63.6 Å². The quantitative estimate of drug-likeness (QED) is 0.166. The van der Waals surface area contributed by atoms with Crippen molar-refractivity contribution in [1.82, 2.24) is 0 Å². The normalized spacial score (nSPS) is 11.1. The maximum atomic E-state index is 11.1. The Labute approximate surface area is 359 Å². The molecule has 7 aromatic carbocycles. The Balaban J connectivity index is 1.90. The highest BCUT2D eigenvalue weighted by Crippen LogP contribution is 2.57. The van der Waals surface area contributed by atoms with Crippen LogP contribution < -0.4 is 0 Å². The van der Waals surface area contributed by atoms with E-state index < -0.39 is 0 Å². The molecule has 7 aromatic rings. The molecule has 0 aliphatic heterocycles. The first-order chi connectivity index (χ1) is 29.2. The van der Waals surface area contributed by atoms with Gasteiger partial charge in [-0.25, -0.2) is 0 Å². The summed E-state index contributed by atoms with van der Waals surface area (Å²) in [6.07, 6.45) is 0. The molecule has 5 nitrogen and oxygen atoms in total. The molecule has 7 rings (SSSR count). The molecule has 0 atom stereocenters. The van der Waals surface area contributed by atoms with Crippen molar-refractivity contribution in [1.29, 1.82) is 26.3 Å². The monoisotopic (exact) mass is 785 g/mol. The molecule has 0 unspecified atom stereocenters. The summed E-state index contributed by atoms with van der Waals surface area (Å²) in [5.41, 5.74) is 13.7. The molecule has 292 valence electrons. The fourth-order valence-electron chi connectivity index (χ4n) is 8.01. The molecule has 0 amide bonds. The smallest absolute Gasteiger partial charge is 0.0998 e. The lowest BCUT2D eigenvalue weighted by atomic mass is 9.72. The molecule has 0 fully saturated rings. The number of benzene rings is 7. The first-order valence-electron chi connectivity index (χ1n) is 20.1. The third-order valence-electron chi connectivity index (χ3n) is 11.3. The van der Waals surface area contributed by atoms with E-state index in [4.69, 9.17) is 0 Å². The highest BCUT2D eigenvalue weighted by Gasteiger charge is 2.32. The van der Waals surface area contributed by atoms with Gasteiger partial charge in [-0.15, -0.1) is 0 Å². The van der Waals surface area contributed by atoms with Gasteiger partial charge in [-0.05, 0) is 121 Å². The van der Waals surface area contributed by atoms with E-state index in [9.17, 15) is 26.3 Å². The van der Waals surface area contributed by atoms with E-state index in [1.807, 2.05) is 73.7 Å². The Morgan fingerprint density at radius 3 is 1.07 bits per heavy atom. The zero-order chi connectivity index (χ0) is 43.6. The predicted molar refractivity (Wildman–Crippen MR) is 245 cm³/mol. The maximum Gasteiger partial charge on any atom is 0.0998 e. The van der Waals surface area contributed by atoms with Gasteiger partial charge in [0.15, 0.2) is 0 Å². The van der Waals surface area contributed by atoms with Crippen molar-refractivity contribution in [3.05, 3.63) is 178 Å². The predicted octanol–water partition coefficient (Wildman–Crippen LogP) is 14.0.